The number of rotatable bonds is 6. The summed E-state index contributed by atoms with van der Waals surface area (Å²) in [7, 11) is 0. The number of ether oxygens (including phenoxy) is 1. The van der Waals surface area contributed by atoms with Crippen LogP contribution in [0.4, 0.5) is 0 Å². The van der Waals surface area contributed by atoms with Gasteiger partial charge in [-0.3, -0.25) is 4.79 Å². The van der Waals surface area contributed by atoms with Crippen molar-refractivity contribution >= 4 is 17.5 Å². The normalized spacial score (nSPS) is 21.9. The Morgan fingerprint density at radius 2 is 2.30 bits per heavy atom. The van der Waals surface area contributed by atoms with Crippen LogP contribution in [0.25, 0.3) is 0 Å². The van der Waals surface area contributed by atoms with Crippen LogP contribution in [-0.2, 0) is 16.1 Å². The van der Waals surface area contributed by atoms with Crippen LogP contribution < -0.4 is 5.32 Å². The second kappa shape index (κ2) is 7.62. The van der Waals surface area contributed by atoms with Gasteiger partial charge in [-0.05, 0) is 30.5 Å². The molecule has 2 rings (SSSR count). The third-order valence-corrected chi connectivity index (χ3v) is 3.81. The maximum Gasteiger partial charge on any atom is 0.246 e. The predicted molar refractivity (Wildman–Crippen MR) is 77.5 cm³/mol. The molecule has 1 saturated carbocycles. The fourth-order valence-corrected chi connectivity index (χ4v) is 2.65. The van der Waals surface area contributed by atoms with E-state index in [1.807, 2.05) is 18.2 Å². The average Bonchev–Trinajstić information content (AvgIpc) is 2.82. The Bertz CT molecular complexity index is 452. The van der Waals surface area contributed by atoms with Crippen molar-refractivity contribution in [2.75, 3.05) is 13.2 Å². The van der Waals surface area contributed by atoms with Gasteiger partial charge in [-0.1, -0.05) is 30.2 Å². The Morgan fingerprint density at radius 3 is 3.00 bits per heavy atom. The van der Waals surface area contributed by atoms with Crippen molar-refractivity contribution in [1.29, 1.82) is 0 Å². The summed E-state index contributed by atoms with van der Waals surface area (Å²) < 4.78 is 5.35. The van der Waals surface area contributed by atoms with Crippen molar-refractivity contribution in [3.8, 4) is 0 Å². The molecular weight excluding hydrogens is 278 g/mol. The van der Waals surface area contributed by atoms with E-state index in [1.165, 1.54) is 0 Å². The van der Waals surface area contributed by atoms with E-state index in [-0.39, 0.29) is 24.5 Å². The van der Waals surface area contributed by atoms with Crippen LogP contribution in [0.15, 0.2) is 24.3 Å². The van der Waals surface area contributed by atoms with Crippen molar-refractivity contribution in [2.24, 2.45) is 5.92 Å². The van der Waals surface area contributed by atoms with E-state index in [2.05, 4.69) is 5.32 Å². The predicted octanol–water partition coefficient (Wildman–Crippen LogP) is 2.13. The lowest BCUT2D eigenvalue weighted by Gasteiger charge is -2.15. The van der Waals surface area contributed by atoms with Crippen LogP contribution in [0, 0.1) is 5.92 Å². The Kier molecular flexibility index (Phi) is 5.83. The van der Waals surface area contributed by atoms with E-state index in [9.17, 15) is 9.90 Å². The molecule has 20 heavy (non-hydrogen) atoms. The van der Waals surface area contributed by atoms with Gasteiger partial charge in [0.1, 0.15) is 6.61 Å². The van der Waals surface area contributed by atoms with Gasteiger partial charge in [0.05, 0.1) is 12.7 Å². The minimum atomic E-state index is -0.275. The molecule has 1 fully saturated rings. The van der Waals surface area contributed by atoms with Crippen LogP contribution in [0.3, 0.4) is 0 Å². The molecule has 2 atom stereocenters. The van der Waals surface area contributed by atoms with Crippen LogP contribution in [0.2, 0.25) is 5.02 Å². The largest absolute Gasteiger partial charge is 0.393 e. The lowest BCUT2D eigenvalue weighted by Crippen LogP contribution is -2.34. The number of carbonyl (C=O) groups excluding carboxylic acids is 1. The lowest BCUT2D eigenvalue weighted by molar-refractivity contribution is -0.126. The van der Waals surface area contributed by atoms with E-state index in [0.717, 1.165) is 24.8 Å². The Hall–Kier alpha value is -1.10. The van der Waals surface area contributed by atoms with Crippen molar-refractivity contribution in [1.82, 2.24) is 5.32 Å². The fourth-order valence-electron chi connectivity index (χ4n) is 2.44. The number of hydrogen-bond acceptors (Lipinski definition) is 3. The molecule has 0 aromatic heterocycles. The molecule has 0 bridgehead atoms. The van der Waals surface area contributed by atoms with Gasteiger partial charge in [0.25, 0.3) is 0 Å². The summed E-state index contributed by atoms with van der Waals surface area (Å²) >= 11 is 5.86. The van der Waals surface area contributed by atoms with Gasteiger partial charge in [0.15, 0.2) is 0 Å². The number of benzene rings is 1. The number of hydrogen-bond donors (Lipinski definition) is 2. The zero-order chi connectivity index (χ0) is 14.4. The number of halogens is 1. The summed E-state index contributed by atoms with van der Waals surface area (Å²) in [6.07, 6.45) is 2.58. The average molecular weight is 298 g/mol. The van der Waals surface area contributed by atoms with Crippen LogP contribution >= 0.6 is 11.6 Å². The van der Waals surface area contributed by atoms with E-state index >= 15 is 0 Å². The summed E-state index contributed by atoms with van der Waals surface area (Å²) in [4.78, 5) is 11.6. The molecule has 0 aliphatic heterocycles. The molecule has 1 aromatic rings. The van der Waals surface area contributed by atoms with Crippen molar-refractivity contribution in [3.63, 3.8) is 0 Å². The van der Waals surface area contributed by atoms with Gasteiger partial charge in [0, 0.05) is 17.5 Å². The Labute approximate surface area is 124 Å². The standard InChI is InChI=1S/C15H20ClNO3/c16-13-5-1-3-11(7-13)9-20-10-15(19)17-8-12-4-2-6-14(12)18/h1,3,5,7,12,14,18H,2,4,6,8-10H2,(H,17,19)/t12-,14+/m1/s1. The minimum absolute atomic E-state index is 0.0231. The summed E-state index contributed by atoms with van der Waals surface area (Å²) in [5.74, 6) is 0.0398. The van der Waals surface area contributed by atoms with E-state index in [1.54, 1.807) is 6.07 Å². The molecule has 0 spiro atoms. The number of aliphatic hydroxyl groups excluding tert-OH is 1. The monoisotopic (exact) mass is 297 g/mol. The highest BCUT2D eigenvalue weighted by atomic mass is 35.5. The number of aliphatic hydroxyl groups is 1. The first kappa shape index (κ1) is 15.3. The zero-order valence-electron chi connectivity index (χ0n) is 11.3. The molecule has 1 amide bonds. The van der Waals surface area contributed by atoms with Gasteiger partial charge in [0.2, 0.25) is 5.91 Å². The molecule has 0 unspecified atom stereocenters. The second-order valence-electron chi connectivity index (χ2n) is 5.19. The lowest BCUT2D eigenvalue weighted by atomic mass is 10.1. The summed E-state index contributed by atoms with van der Waals surface area (Å²) in [6, 6.07) is 7.36. The highest BCUT2D eigenvalue weighted by molar-refractivity contribution is 6.30. The first-order valence-electron chi connectivity index (χ1n) is 6.92. The van der Waals surface area contributed by atoms with Crippen molar-refractivity contribution in [3.05, 3.63) is 34.9 Å². The third kappa shape index (κ3) is 4.78. The first-order chi connectivity index (χ1) is 9.65. The Balaban J connectivity index is 1.63. The first-order valence-corrected chi connectivity index (χ1v) is 7.30. The van der Waals surface area contributed by atoms with Gasteiger partial charge >= 0.3 is 0 Å². The topological polar surface area (TPSA) is 58.6 Å². The zero-order valence-corrected chi connectivity index (χ0v) is 12.1. The molecule has 4 nitrogen and oxygen atoms in total. The van der Waals surface area contributed by atoms with Gasteiger partial charge in [-0.2, -0.15) is 0 Å². The molecule has 0 saturated heterocycles. The molecular formula is C15H20ClNO3. The number of nitrogens with one attached hydrogen (secondary N) is 1. The third-order valence-electron chi connectivity index (χ3n) is 3.57. The molecule has 5 heteroatoms. The fraction of sp³-hybridized carbons (Fsp3) is 0.533. The maximum atomic E-state index is 11.6. The molecule has 0 radical (unpaired) electrons. The molecule has 1 aromatic carbocycles. The van der Waals surface area contributed by atoms with Gasteiger partial charge < -0.3 is 15.2 Å². The van der Waals surface area contributed by atoms with Crippen molar-refractivity contribution < 1.29 is 14.6 Å². The summed E-state index contributed by atoms with van der Waals surface area (Å²) in [5.41, 5.74) is 0.941. The molecule has 1 aliphatic carbocycles. The maximum absolute atomic E-state index is 11.6. The van der Waals surface area contributed by atoms with E-state index in [0.29, 0.717) is 18.2 Å². The van der Waals surface area contributed by atoms with Crippen LogP contribution in [0.5, 0.6) is 0 Å². The smallest absolute Gasteiger partial charge is 0.246 e. The van der Waals surface area contributed by atoms with E-state index < -0.39 is 0 Å². The Morgan fingerprint density at radius 1 is 1.45 bits per heavy atom. The SMILES string of the molecule is O=C(COCc1cccc(Cl)c1)NC[C@H]1CCC[C@@H]1O. The molecule has 1 aliphatic rings. The highest BCUT2D eigenvalue weighted by Gasteiger charge is 2.25. The quantitative estimate of drug-likeness (QED) is 0.846. The molecule has 2 N–H and O–H groups in total. The molecule has 0 heterocycles. The van der Waals surface area contributed by atoms with E-state index in [4.69, 9.17) is 16.3 Å². The minimum Gasteiger partial charge on any atom is -0.393 e. The number of carbonyl (C=O) groups is 1. The molecule has 110 valence electrons. The van der Waals surface area contributed by atoms with Crippen LogP contribution in [-0.4, -0.2) is 30.3 Å². The van der Waals surface area contributed by atoms with Crippen LogP contribution in [0.1, 0.15) is 24.8 Å². The second-order valence-corrected chi connectivity index (χ2v) is 5.62. The summed E-state index contributed by atoms with van der Waals surface area (Å²) in [6.45, 7) is 0.913. The highest BCUT2D eigenvalue weighted by Crippen LogP contribution is 2.24. The number of amides is 1. The summed E-state index contributed by atoms with van der Waals surface area (Å²) in [5, 5.41) is 13.1. The van der Waals surface area contributed by atoms with Crippen molar-refractivity contribution in [2.45, 2.75) is 32.0 Å². The van der Waals surface area contributed by atoms with Gasteiger partial charge in [-0.15, -0.1) is 0 Å². The van der Waals surface area contributed by atoms with Gasteiger partial charge in [-0.25, -0.2) is 0 Å².